The molecule has 0 amide bonds. The van der Waals surface area contributed by atoms with Gasteiger partial charge in [-0.15, -0.1) is 5.10 Å². The van der Waals surface area contributed by atoms with Gasteiger partial charge in [0.15, 0.2) is 4.60 Å². The fourth-order valence-corrected chi connectivity index (χ4v) is 4.50. The molecule has 0 aliphatic rings. The Morgan fingerprint density at radius 3 is 2.57 bits per heavy atom. The molecule has 1 aromatic heterocycles. The van der Waals surface area contributed by atoms with E-state index < -0.39 is 10.0 Å². The van der Waals surface area contributed by atoms with E-state index in [-0.39, 0.29) is 15.7 Å². The van der Waals surface area contributed by atoms with E-state index in [0.717, 1.165) is 16.7 Å². The van der Waals surface area contributed by atoms with Crippen molar-refractivity contribution in [3.05, 3.63) is 39.5 Å². The molecule has 1 atom stereocenters. The highest BCUT2D eigenvalue weighted by Crippen LogP contribution is 2.23. The molecule has 6 nitrogen and oxygen atoms in total. The van der Waals surface area contributed by atoms with E-state index >= 15 is 0 Å². The van der Waals surface area contributed by atoms with Gasteiger partial charge < -0.3 is 0 Å². The monoisotopic (exact) mass is 372 g/mol. The van der Waals surface area contributed by atoms with Crippen molar-refractivity contribution in [3.63, 3.8) is 0 Å². The zero-order valence-electron chi connectivity index (χ0n) is 12.3. The molecule has 2 rings (SSSR count). The van der Waals surface area contributed by atoms with Crippen LogP contribution in [0.2, 0.25) is 0 Å². The van der Waals surface area contributed by atoms with Crippen LogP contribution in [0.4, 0.5) is 0 Å². The Kier molecular flexibility index (Phi) is 4.50. The quantitative estimate of drug-likeness (QED) is 0.892. The van der Waals surface area contributed by atoms with Gasteiger partial charge in [-0.25, -0.2) is 17.8 Å². The summed E-state index contributed by atoms with van der Waals surface area (Å²) in [6.45, 7) is 5.75. The Morgan fingerprint density at radius 2 is 2.00 bits per heavy atom. The van der Waals surface area contributed by atoms with E-state index in [2.05, 4.69) is 31.0 Å². The molecule has 0 aliphatic heterocycles. The molecular weight excluding hydrogens is 356 g/mol. The second-order valence-electron chi connectivity index (χ2n) is 5.01. The lowest BCUT2D eigenvalue weighted by Crippen LogP contribution is -2.29. The van der Waals surface area contributed by atoms with Crippen LogP contribution in [0.5, 0.6) is 0 Å². The van der Waals surface area contributed by atoms with Crippen molar-refractivity contribution in [2.45, 2.75) is 31.8 Å². The second kappa shape index (κ2) is 5.86. The maximum Gasteiger partial charge on any atom is 0.261 e. The highest BCUT2D eigenvalue weighted by Gasteiger charge is 2.26. The van der Waals surface area contributed by atoms with Gasteiger partial charge in [0.25, 0.3) is 10.0 Å². The summed E-state index contributed by atoms with van der Waals surface area (Å²) < 4.78 is 29.0. The highest BCUT2D eigenvalue weighted by atomic mass is 79.9. The van der Waals surface area contributed by atoms with E-state index in [1.165, 1.54) is 11.7 Å². The van der Waals surface area contributed by atoms with Gasteiger partial charge in [0, 0.05) is 13.1 Å². The third-order valence-corrected chi connectivity index (χ3v) is 5.65. The third kappa shape index (κ3) is 3.33. The summed E-state index contributed by atoms with van der Waals surface area (Å²) in [5.41, 5.74) is 3.08. The molecule has 0 bridgehead atoms. The van der Waals surface area contributed by atoms with Gasteiger partial charge in [0.1, 0.15) is 0 Å². The first-order valence-electron chi connectivity index (χ1n) is 6.37. The maximum atomic E-state index is 12.5. The molecule has 0 aliphatic carbocycles. The number of benzene rings is 1. The lowest BCUT2D eigenvalue weighted by Gasteiger charge is -2.17. The lowest BCUT2D eigenvalue weighted by molar-refractivity contribution is 0.547. The predicted molar refractivity (Wildman–Crippen MR) is 83.4 cm³/mol. The summed E-state index contributed by atoms with van der Waals surface area (Å²) in [7, 11) is -2.18. The largest absolute Gasteiger partial charge is 0.261 e. The molecule has 21 heavy (non-hydrogen) atoms. The van der Waals surface area contributed by atoms with Crippen molar-refractivity contribution in [2.75, 3.05) is 0 Å². The summed E-state index contributed by atoms with van der Waals surface area (Å²) in [5.74, 6) is 0. The summed E-state index contributed by atoms with van der Waals surface area (Å²) in [6.07, 6.45) is 0. The smallest absolute Gasteiger partial charge is 0.235 e. The molecule has 114 valence electrons. The van der Waals surface area contributed by atoms with Crippen LogP contribution in [0.25, 0.3) is 0 Å². The average Bonchev–Trinajstić information content (AvgIpc) is 2.72. The van der Waals surface area contributed by atoms with Crippen molar-refractivity contribution in [3.8, 4) is 0 Å². The Labute approximate surface area is 132 Å². The number of sulfonamides is 1. The van der Waals surface area contributed by atoms with E-state index in [0.29, 0.717) is 0 Å². The van der Waals surface area contributed by atoms with E-state index in [1.807, 2.05) is 39.0 Å². The van der Waals surface area contributed by atoms with Crippen LogP contribution >= 0.6 is 15.9 Å². The first-order valence-corrected chi connectivity index (χ1v) is 8.64. The van der Waals surface area contributed by atoms with Crippen molar-refractivity contribution in [2.24, 2.45) is 7.05 Å². The minimum Gasteiger partial charge on any atom is -0.235 e. The fourth-order valence-electron chi connectivity index (χ4n) is 2.19. The molecule has 1 heterocycles. The van der Waals surface area contributed by atoms with Crippen molar-refractivity contribution in [1.29, 1.82) is 0 Å². The molecule has 2 aromatic rings. The minimum atomic E-state index is -3.71. The third-order valence-electron chi connectivity index (χ3n) is 3.22. The summed E-state index contributed by atoms with van der Waals surface area (Å²) in [5, 5.41) is 7.41. The van der Waals surface area contributed by atoms with Crippen LogP contribution in [-0.4, -0.2) is 23.4 Å². The predicted octanol–water partition coefficient (Wildman–Crippen LogP) is 2.23. The van der Waals surface area contributed by atoms with Crippen molar-refractivity contribution < 1.29 is 8.42 Å². The molecule has 1 unspecified atom stereocenters. The van der Waals surface area contributed by atoms with Crippen LogP contribution in [0.15, 0.2) is 27.8 Å². The molecule has 1 N–H and O–H groups in total. The first kappa shape index (κ1) is 16.1. The summed E-state index contributed by atoms with van der Waals surface area (Å²) >= 11 is 3.11. The van der Waals surface area contributed by atoms with E-state index in [1.54, 1.807) is 0 Å². The molecule has 0 saturated carbocycles. The first-order chi connectivity index (χ1) is 9.72. The van der Waals surface area contributed by atoms with Crippen molar-refractivity contribution in [1.82, 2.24) is 19.7 Å². The molecule has 8 heteroatoms. The topological polar surface area (TPSA) is 76.9 Å². The van der Waals surface area contributed by atoms with E-state index in [9.17, 15) is 8.42 Å². The van der Waals surface area contributed by atoms with Crippen LogP contribution in [0, 0.1) is 13.8 Å². The zero-order valence-corrected chi connectivity index (χ0v) is 14.7. The normalized spacial score (nSPS) is 13.4. The fraction of sp³-hybridized carbons (Fsp3) is 0.385. The maximum absolute atomic E-state index is 12.5. The zero-order chi connectivity index (χ0) is 15.8. The van der Waals surface area contributed by atoms with Gasteiger partial charge in [-0.3, -0.25) is 0 Å². The van der Waals surface area contributed by atoms with Gasteiger partial charge in [0.05, 0.1) is 0 Å². The number of nitrogens with one attached hydrogen (secondary N) is 1. The highest BCUT2D eigenvalue weighted by molar-refractivity contribution is 9.10. The minimum absolute atomic E-state index is 0.0136. The van der Waals surface area contributed by atoms with Crippen LogP contribution in [0.3, 0.4) is 0 Å². The number of rotatable bonds is 4. The number of hydrogen-bond acceptors (Lipinski definition) is 4. The van der Waals surface area contributed by atoms with Gasteiger partial charge >= 0.3 is 0 Å². The number of halogens is 1. The molecule has 1 aromatic carbocycles. The molecule has 0 radical (unpaired) electrons. The van der Waals surface area contributed by atoms with Crippen LogP contribution < -0.4 is 4.72 Å². The lowest BCUT2D eigenvalue weighted by atomic mass is 10.0. The van der Waals surface area contributed by atoms with Crippen LogP contribution in [0.1, 0.15) is 29.7 Å². The molecule has 0 saturated heterocycles. The average molecular weight is 373 g/mol. The standard InChI is InChI=1S/C13H17BrN4O2S/c1-8-5-6-9(2)11(7-8)10(3)16-21(19,20)13-12(14)15-17-18(13)4/h5-7,10,16H,1-4H3. The number of aromatic nitrogens is 3. The molecule has 0 spiro atoms. The Morgan fingerprint density at radius 1 is 1.33 bits per heavy atom. The molecular formula is C13H17BrN4O2S. The molecule has 0 fully saturated rings. The van der Waals surface area contributed by atoms with Crippen molar-refractivity contribution >= 4 is 26.0 Å². The van der Waals surface area contributed by atoms with Gasteiger partial charge in [-0.05, 0) is 47.8 Å². The van der Waals surface area contributed by atoms with E-state index in [4.69, 9.17) is 0 Å². The SMILES string of the molecule is Cc1ccc(C)c(C(C)NS(=O)(=O)c2c(Br)nnn2C)c1. The van der Waals surface area contributed by atoms with Gasteiger partial charge in [-0.2, -0.15) is 0 Å². The number of aryl methyl sites for hydroxylation is 3. The number of nitrogens with zero attached hydrogens (tertiary/aromatic N) is 3. The van der Waals surface area contributed by atoms with Gasteiger partial charge in [0.2, 0.25) is 5.03 Å². The Bertz CT molecular complexity index is 751. The van der Waals surface area contributed by atoms with Gasteiger partial charge in [-0.1, -0.05) is 29.0 Å². The second-order valence-corrected chi connectivity index (χ2v) is 7.39. The number of hydrogen-bond donors (Lipinski definition) is 1. The van der Waals surface area contributed by atoms with Crippen LogP contribution in [-0.2, 0) is 17.1 Å². The Hall–Kier alpha value is -1.25. The Balaban J connectivity index is 2.35. The summed E-state index contributed by atoms with van der Waals surface area (Å²) in [6, 6.07) is 5.62. The summed E-state index contributed by atoms with van der Waals surface area (Å²) in [4.78, 5) is 0.